The molecule has 1 amide bonds. The minimum atomic E-state index is 0. The summed E-state index contributed by atoms with van der Waals surface area (Å²) in [5.74, 6) is 0.869. The van der Waals surface area contributed by atoms with Crippen LogP contribution < -0.4 is 5.32 Å². The van der Waals surface area contributed by atoms with Crippen LogP contribution in [-0.2, 0) is 31.2 Å². The number of amides is 1. The summed E-state index contributed by atoms with van der Waals surface area (Å²) in [4.78, 5) is 20.9. The number of aliphatic imine (C=N–C) groups is 1. The zero-order valence-corrected chi connectivity index (χ0v) is 20.3. The van der Waals surface area contributed by atoms with E-state index in [9.17, 15) is 4.79 Å². The van der Waals surface area contributed by atoms with Crippen LogP contribution in [0.15, 0.2) is 4.99 Å². The Bertz CT molecular complexity index is 610. The Morgan fingerprint density at radius 2 is 1.78 bits per heavy atom. The molecule has 0 saturated heterocycles. The fourth-order valence-corrected chi connectivity index (χ4v) is 3.15. The Balaban J connectivity index is 0.00000676. The van der Waals surface area contributed by atoms with Gasteiger partial charge in [0, 0.05) is 45.0 Å². The molecule has 0 aromatic carbocycles. The molecule has 1 heterocycles. The Labute approximate surface area is 181 Å². The highest BCUT2D eigenvalue weighted by atomic mass is 127. The van der Waals surface area contributed by atoms with Crippen LogP contribution in [-0.4, -0.2) is 64.7 Å². The van der Waals surface area contributed by atoms with E-state index in [-0.39, 0.29) is 29.9 Å². The highest BCUT2D eigenvalue weighted by Crippen LogP contribution is 2.16. The van der Waals surface area contributed by atoms with E-state index in [4.69, 9.17) is 4.99 Å². The molecule has 0 atom stereocenters. The number of likely N-dealkylation sites (N-methyl/N-ethyl adjacent to an activating group) is 2. The fourth-order valence-electron chi connectivity index (χ4n) is 3.15. The molecule has 1 N–H and O–H groups in total. The molecule has 1 aromatic rings. The predicted molar refractivity (Wildman–Crippen MR) is 123 cm³/mol. The Kier molecular flexibility index (Phi) is 12.3. The molecule has 0 aliphatic heterocycles. The monoisotopic (exact) mass is 492 g/mol. The summed E-state index contributed by atoms with van der Waals surface area (Å²) >= 11 is 0. The molecule has 0 aliphatic rings. The molecule has 1 rings (SSSR count). The quantitative estimate of drug-likeness (QED) is 0.327. The van der Waals surface area contributed by atoms with Gasteiger partial charge in [0.05, 0.1) is 18.8 Å². The Hall–Kier alpha value is -1.32. The number of nitrogens with one attached hydrogen (secondary N) is 1. The number of hydrogen-bond donors (Lipinski definition) is 1. The number of aryl methyl sites for hydroxylation is 2. The lowest BCUT2D eigenvalue weighted by atomic mass is 10.1. The lowest BCUT2D eigenvalue weighted by Crippen LogP contribution is -2.45. The number of hydrogen-bond acceptors (Lipinski definition) is 3. The lowest BCUT2D eigenvalue weighted by molar-refractivity contribution is -0.131. The summed E-state index contributed by atoms with van der Waals surface area (Å²) in [6, 6.07) is 0. The maximum Gasteiger partial charge on any atom is 0.242 e. The van der Waals surface area contributed by atoms with Crippen molar-refractivity contribution in [3.63, 3.8) is 0 Å². The van der Waals surface area contributed by atoms with Crippen LogP contribution in [0, 0.1) is 0 Å². The van der Waals surface area contributed by atoms with Crippen molar-refractivity contribution in [1.82, 2.24) is 24.9 Å². The molecule has 0 saturated carbocycles. The first-order chi connectivity index (χ1) is 12.4. The smallest absolute Gasteiger partial charge is 0.242 e. The number of carbonyl (C=O) groups is 1. The lowest BCUT2D eigenvalue weighted by Gasteiger charge is -2.25. The standard InChI is InChI=1S/C19H36N6O.HI/c1-8-16-15(17(9-2)24(7)22-16)13-21-19(20-10-3)23(6)14-18(26)25(11-4)12-5;/h8-14H2,1-7H3,(H,20,21);1H. The van der Waals surface area contributed by atoms with Gasteiger partial charge in [-0.25, -0.2) is 4.99 Å². The number of rotatable bonds is 9. The zero-order valence-electron chi connectivity index (χ0n) is 18.0. The molecule has 0 bridgehead atoms. The summed E-state index contributed by atoms with van der Waals surface area (Å²) in [6.07, 6.45) is 1.83. The fraction of sp³-hybridized carbons (Fsp3) is 0.737. The minimum Gasteiger partial charge on any atom is -0.357 e. The zero-order chi connectivity index (χ0) is 19.7. The average Bonchev–Trinajstić information content (AvgIpc) is 2.94. The Morgan fingerprint density at radius 3 is 2.26 bits per heavy atom. The summed E-state index contributed by atoms with van der Waals surface area (Å²) in [5.41, 5.74) is 3.53. The van der Waals surface area contributed by atoms with Gasteiger partial charge in [-0.1, -0.05) is 13.8 Å². The number of guanidine groups is 1. The number of carbonyl (C=O) groups excluding carboxylic acids is 1. The van der Waals surface area contributed by atoms with Gasteiger partial charge in [0.2, 0.25) is 5.91 Å². The summed E-state index contributed by atoms with van der Waals surface area (Å²) in [6.45, 7) is 13.4. The van der Waals surface area contributed by atoms with E-state index >= 15 is 0 Å². The summed E-state index contributed by atoms with van der Waals surface area (Å²) in [5, 5.41) is 7.91. The molecule has 27 heavy (non-hydrogen) atoms. The van der Waals surface area contributed by atoms with E-state index in [1.165, 1.54) is 11.3 Å². The van der Waals surface area contributed by atoms with E-state index in [2.05, 4.69) is 24.3 Å². The first kappa shape index (κ1) is 25.7. The van der Waals surface area contributed by atoms with Crippen molar-refractivity contribution in [3.8, 4) is 0 Å². The van der Waals surface area contributed by atoms with Gasteiger partial charge in [-0.2, -0.15) is 5.10 Å². The van der Waals surface area contributed by atoms with E-state index in [1.54, 1.807) is 0 Å². The molecule has 1 aromatic heterocycles. The van der Waals surface area contributed by atoms with Crippen LogP contribution in [0.5, 0.6) is 0 Å². The number of nitrogens with zero attached hydrogens (tertiary/aromatic N) is 5. The van der Waals surface area contributed by atoms with Crippen LogP contribution in [0.1, 0.15) is 51.6 Å². The maximum atomic E-state index is 12.4. The van der Waals surface area contributed by atoms with Crippen LogP contribution in [0.25, 0.3) is 0 Å². The minimum absolute atomic E-state index is 0. The topological polar surface area (TPSA) is 65.8 Å². The normalized spacial score (nSPS) is 11.1. The number of aromatic nitrogens is 2. The first-order valence-electron chi connectivity index (χ1n) is 9.73. The van der Waals surface area contributed by atoms with Gasteiger partial charge >= 0.3 is 0 Å². The third kappa shape index (κ3) is 6.97. The molecule has 8 heteroatoms. The van der Waals surface area contributed by atoms with Crippen molar-refractivity contribution in [2.24, 2.45) is 12.0 Å². The van der Waals surface area contributed by atoms with Crippen molar-refractivity contribution < 1.29 is 4.79 Å². The second-order valence-corrected chi connectivity index (χ2v) is 6.29. The van der Waals surface area contributed by atoms with Gasteiger partial charge in [0.15, 0.2) is 5.96 Å². The molecule has 0 unspecified atom stereocenters. The second kappa shape index (κ2) is 13.0. The Morgan fingerprint density at radius 1 is 1.15 bits per heavy atom. The van der Waals surface area contributed by atoms with Crippen LogP contribution in [0.3, 0.4) is 0 Å². The molecule has 0 spiro atoms. The first-order valence-corrected chi connectivity index (χ1v) is 9.73. The predicted octanol–water partition coefficient (Wildman–Crippen LogP) is 2.43. The van der Waals surface area contributed by atoms with Gasteiger partial charge in [-0.05, 0) is 33.6 Å². The van der Waals surface area contributed by atoms with Crippen molar-refractivity contribution in [2.75, 3.05) is 33.2 Å². The van der Waals surface area contributed by atoms with Gasteiger partial charge in [0.1, 0.15) is 0 Å². The largest absolute Gasteiger partial charge is 0.357 e. The van der Waals surface area contributed by atoms with E-state index in [0.29, 0.717) is 13.1 Å². The SMILES string of the molecule is CCNC(=NCc1c(CC)nn(C)c1CC)N(C)CC(=O)N(CC)CC.I. The highest BCUT2D eigenvalue weighted by molar-refractivity contribution is 14.0. The van der Waals surface area contributed by atoms with Gasteiger partial charge in [0.25, 0.3) is 0 Å². The van der Waals surface area contributed by atoms with Gasteiger partial charge in [-0.15, -0.1) is 24.0 Å². The summed E-state index contributed by atoms with van der Waals surface area (Å²) in [7, 11) is 3.90. The molecule has 0 aliphatic carbocycles. The average molecular weight is 492 g/mol. The van der Waals surface area contributed by atoms with Crippen LogP contribution >= 0.6 is 24.0 Å². The van der Waals surface area contributed by atoms with Crippen molar-refractivity contribution in [2.45, 2.75) is 54.0 Å². The number of halogens is 1. The van der Waals surface area contributed by atoms with E-state index in [1.807, 2.05) is 49.3 Å². The van der Waals surface area contributed by atoms with Crippen molar-refractivity contribution in [1.29, 1.82) is 0 Å². The van der Waals surface area contributed by atoms with Gasteiger partial charge in [-0.3, -0.25) is 9.48 Å². The third-order valence-corrected chi connectivity index (χ3v) is 4.60. The van der Waals surface area contributed by atoms with Crippen molar-refractivity contribution >= 4 is 35.8 Å². The third-order valence-electron chi connectivity index (χ3n) is 4.60. The molecule has 0 fully saturated rings. The van der Waals surface area contributed by atoms with E-state index < -0.39 is 0 Å². The maximum absolute atomic E-state index is 12.4. The van der Waals surface area contributed by atoms with Crippen molar-refractivity contribution in [3.05, 3.63) is 17.0 Å². The molecule has 156 valence electrons. The molecular weight excluding hydrogens is 455 g/mol. The molecule has 0 radical (unpaired) electrons. The molecular formula is C19H37IN6O. The van der Waals surface area contributed by atoms with E-state index in [0.717, 1.165) is 44.1 Å². The van der Waals surface area contributed by atoms with Crippen LogP contribution in [0.2, 0.25) is 0 Å². The summed E-state index contributed by atoms with van der Waals surface area (Å²) < 4.78 is 1.96. The van der Waals surface area contributed by atoms with Gasteiger partial charge < -0.3 is 15.1 Å². The second-order valence-electron chi connectivity index (χ2n) is 6.29. The molecule has 7 nitrogen and oxygen atoms in total. The van der Waals surface area contributed by atoms with Crippen LogP contribution in [0.4, 0.5) is 0 Å². The highest BCUT2D eigenvalue weighted by Gasteiger charge is 2.17.